The van der Waals surface area contributed by atoms with Crippen LogP contribution in [0.15, 0.2) is 51.9 Å². The molecule has 3 aromatic rings. The average Bonchev–Trinajstić information content (AvgIpc) is 3.16. The van der Waals surface area contributed by atoms with Crippen LogP contribution in [0.25, 0.3) is 12.2 Å². The molecule has 1 heterocycles. The van der Waals surface area contributed by atoms with Crippen LogP contribution in [-0.2, 0) is 14.8 Å². The summed E-state index contributed by atoms with van der Waals surface area (Å²) in [6, 6.07) is 11.1. The molecule has 0 aliphatic rings. The molecule has 0 radical (unpaired) electrons. The number of nitrogens with zero attached hydrogens (tertiary/aromatic N) is 1. The molecular formula is C23H25N3O6S. The Bertz CT molecular complexity index is 1260. The van der Waals surface area contributed by atoms with Gasteiger partial charge in [-0.25, -0.2) is 8.42 Å². The summed E-state index contributed by atoms with van der Waals surface area (Å²) >= 11 is 0. The first-order valence-electron chi connectivity index (χ1n) is 10.1. The Kier molecular flexibility index (Phi) is 7.39. The van der Waals surface area contributed by atoms with Gasteiger partial charge in [-0.15, -0.1) is 0 Å². The number of methoxy groups -OCH3 is 2. The lowest BCUT2D eigenvalue weighted by molar-refractivity contribution is -0.115. The molecule has 0 aliphatic heterocycles. The molecule has 3 rings (SSSR count). The molecule has 0 aliphatic carbocycles. The van der Waals surface area contributed by atoms with E-state index in [1.807, 2.05) is 0 Å². The van der Waals surface area contributed by atoms with Crippen molar-refractivity contribution in [2.45, 2.75) is 25.2 Å². The summed E-state index contributed by atoms with van der Waals surface area (Å²) in [6.07, 6.45) is 3.73. The summed E-state index contributed by atoms with van der Waals surface area (Å²) in [7, 11) is -0.829. The van der Waals surface area contributed by atoms with Crippen molar-refractivity contribution in [3.63, 3.8) is 0 Å². The van der Waals surface area contributed by atoms with Gasteiger partial charge in [0.2, 0.25) is 5.91 Å². The minimum absolute atomic E-state index is 0.0980. The number of rotatable bonds is 9. The zero-order chi connectivity index (χ0) is 24.0. The van der Waals surface area contributed by atoms with E-state index in [1.54, 1.807) is 56.3 Å². The van der Waals surface area contributed by atoms with Crippen LogP contribution < -0.4 is 19.5 Å². The third kappa shape index (κ3) is 5.72. The van der Waals surface area contributed by atoms with Gasteiger partial charge in [-0.1, -0.05) is 30.3 Å². The zero-order valence-electron chi connectivity index (χ0n) is 18.7. The maximum Gasteiger partial charge on any atom is 0.261 e. The fourth-order valence-electron chi connectivity index (χ4n) is 2.92. The zero-order valence-corrected chi connectivity index (χ0v) is 19.5. The molecule has 1 amide bonds. The van der Waals surface area contributed by atoms with Crippen LogP contribution in [0.4, 0.5) is 11.4 Å². The van der Waals surface area contributed by atoms with Crippen molar-refractivity contribution >= 4 is 39.5 Å². The Morgan fingerprint density at radius 3 is 2.39 bits per heavy atom. The molecule has 9 nitrogen and oxygen atoms in total. The van der Waals surface area contributed by atoms with E-state index in [0.717, 1.165) is 5.56 Å². The molecule has 0 fully saturated rings. The third-order valence-electron chi connectivity index (χ3n) is 4.73. The Balaban J connectivity index is 1.76. The van der Waals surface area contributed by atoms with Gasteiger partial charge in [-0.2, -0.15) is 0 Å². The van der Waals surface area contributed by atoms with E-state index < -0.39 is 10.0 Å². The van der Waals surface area contributed by atoms with Crippen molar-refractivity contribution in [3.05, 3.63) is 59.5 Å². The number of hydrogen-bond donors (Lipinski definition) is 2. The molecule has 0 unspecified atom stereocenters. The van der Waals surface area contributed by atoms with Gasteiger partial charge in [-0.05, 0) is 42.8 Å². The van der Waals surface area contributed by atoms with Crippen LogP contribution >= 0.6 is 0 Å². The van der Waals surface area contributed by atoms with Gasteiger partial charge in [-0.3, -0.25) is 9.52 Å². The maximum absolute atomic E-state index is 12.8. The molecule has 10 heteroatoms. The lowest BCUT2D eigenvalue weighted by Crippen LogP contribution is -2.13. The molecule has 0 bridgehead atoms. The largest absolute Gasteiger partial charge is 0.493 e. The summed E-state index contributed by atoms with van der Waals surface area (Å²) in [4.78, 5) is 11.8. The smallest absolute Gasteiger partial charge is 0.261 e. The summed E-state index contributed by atoms with van der Waals surface area (Å²) in [5.74, 6) is 1.17. The Morgan fingerprint density at radius 1 is 1.06 bits per heavy atom. The molecular weight excluding hydrogens is 446 g/mol. The van der Waals surface area contributed by atoms with Crippen molar-refractivity contribution < 1.29 is 27.2 Å². The van der Waals surface area contributed by atoms with Crippen LogP contribution in [0, 0.1) is 6.92 Å². The number of benzene rings is 2. The fourth-order valence-corrected chi connectivity index (χ4v) is 3.97. The maximum atomic E-state index is 12.8. The quantitative estimate of drug-likeness (QED) is 0.477. The molecule has 0 saturated carbocycles. The molecule has 174 valence electrons. The van der Waals surface area contributed by atoms with Crippen molar-refractivity contribution in [3.8, 4) is 11.5 Å². The Hall–Kier alpha value is -3.79. The van der Waals surface area contributed by atoms with Gasteiger partial charge in [0, 0.05) is 12.5 Å². The first-order valence-corrected chi connectivity index (χ1v) is 11.5. The van der Waals surface area contributed by atoms with E-state index in [-0.39, 0.29) is 10.8 Å². The number of hydrogen-bond acceptors (Lipinski definition) is 7. The highest BCUT2D eigenvalue weighted by Gasteiger charge is 2.16. The predicted molar refractivity (Wildman–Crippen MR) is 126 cm³/mol. The van der Waals surface area contributed by atoms with Gasteiger partial charge in [0.25, 0.3) is 10.0 Å². The van der Waals surface area contributed by atoms with Crippen LogP contribution in [0.1, 0.15) is 30.4 Å². The molecule has 33 heavy (non-hydrogen) atoms. The van der Waals surface area contributed by atoms with Crippen LogP contribution in [-0.4, -0.2) is 33.7 Å². The number of carbonyl (C=O) groups excluding carboxylic acids is 1. The van der Waals surface area contributed by atoms with Gasteiger partial charge < -0.3 is 19.3 Å². The number of sulfonamides is 1. The van der Waals surface area contributed by atoms with Gasteiger partial charge in [0.05, 0.1) is 24.8 Å². The molecule has 0 atom stereocenters. The highest BCUT2D eigenvalue weighted by molar-refractivity contribution is 7.92. The molecule has 2 N–H and O–H groups in total. The Labute approximate surface area is 192 Å². The van der Waals surface area contributed by atoms with E-state index in [0.29, 0.717) is 40.7 Å². The number of ether oxygens (including phenoxy) is 2. The third-order valence-corrected chi connectivity index (χ3v) is 6.13. The number of amides is 1. The predicted octanol–water partition coefficient (Wildman–Crippen LogP) is 4.32. The van der Waals surface area contributed by atoms with Gasteiger partial charge in [0.1, 0.15) is 11.4 Å². The highest BCUT2D eigenvalue weighted by Crippen LogP contribution is 2.31. The second-order valence-electron chi connectivity index (χ2n) is 6.99. The van der Waals surface area contributed by atoms with Crippen LogP contribution in [0.3, 0.4) is 0 Å². The monoisotopic (exact) mass is 471 g/mol. The summed E-state index contributed by atoms with van der Waals surface area (Å²) in [6.45, 7) is 3.49. The highest BCUT2D eigenvalue weighted by atomic mass is 32.2. The number of carbonyl (C=O) groups is 1. The summed E-state index contributed by atoms with van der Waals surface area (Å²) in [5, 5.41) is 6.64. The summed E-state index contributed by atoms with van der Waals surface area (Å²) < 4.78 is 43.7. The van der Waals surface area contributed by atoms with E-state index >= 15 is 0 Å². The van der Waals surface area contributed by atoms with Crippen molar-refractivity contribution in [1.29, 1.82) is 0 Å². The van der Waals surface area contributed by atoms with E-state index in [1.165, 1.54) is 26.4 Å². The second-order valence-corrected chi connectivity index (χ2v) is 8.67. The Morgan fingerprint density at radius 2 is 1.76 bits per heavy atom. The van der Waals surface area contributed by atoms with Crippen molar-refractivity contribution in [2.75, 3.05) is 24.3 Å². The first kappa shape index (κ1) is 23.9. The molecule has 2 aromatic carbocycles. The molecule has 1 aromatic heterocycles. The molecule has 0 saturated heterocycles. The second kappa shape index (κ2) is 10.2. The fraction of sp³-hybridized carbons (Fsp3) is 0.217. The lowest BCUT2D eigenvalue weighted by atomic mass is 10.2. The van der Waals surface area contributed by atoms with Crippen LogP contribution in [0.5, 0.6) is 11.5 Å². The normalized spacial score (nSPS) is 11.4. The molecule has 0 spiro atoms. The first-order chi connectivity index (χ1) is 15.8. The number of anilines is 2. The van der Waals surface area contributed by atoms with Crippen molar-refractivity contribution in [1.82, 2.24) is 5.16 Å². The standard InChI is InChI=1S/C23H25N3O6S/c1-5-22(27)24-23-15(2)25-32-20(23)12-8-16-6-10-18(11-7-16)33(28,29)26-17-9-13-19(30-3)21(14-17)31-4/h6-14,26H,5H2,1-4H3,(H,24,27). The summed E-state index contributed by atoms with van der Waals surface area (Å²) in [5.41, 5.74) is 2.16. The number of aryl methyl sites for hydroxylation is 1. The van der Waals surface area contributed by atoms with E-state index in [9.17, 15) is 13.2 Å². The number of aromatic nitrogens is 1. The topological polar surface area (TPSA) is 120 Å². The number of nitrogens with one attached hydrogen (secondary N) is 2. The van der Waals surface area contributed by atoms with Crippen LogP contribution in [0.2, 0.25) is 0 Å². The van der Waals surface area contributed by atoms with Gasteiger partial charge >= 0.3 is 0 Å². The minimum Gasteiger partial charge on any atom is -0.493 e. The average molecular weight is 472 g/mol. The van der Waals surface area contributed by atoms with E-state index in [4.69, 9.17) is 14.0 Å². The van der Waals surface area contributed by atoms with Crippen molar-refractivity contribution in [2.24, 2.45) is 0 Å². The van der Waals surface area contributed by atoms with E-state index in [2.05, 4.69) is 15.2 Å². The van der Waals surface area contributed by atoms with Gasteiger partial charge in [0.15, 0.2) is 17.3 Å². The lowest BCUT2D eigenvalue weighted by Gasteiger charge is -2.12. The minimum atomic E-state index is -3.81. The SMILES string of the molecule is CCC(=O)Nc1c(C)noc1C=Cc1ccc(S(=O)(=O)Nc2ccc(OC)c(OC)c2)cc1.